The van der Waals surface area contributed by atoms with Gasteiger partial charge in [-0.2, -0.15) is 5.10 Å². The van der Waals surface area contributed by atoms with Crippen molar-refractivity contribution >= 4 is 34.8 Å². The van der Waals surface area contributed by atoms with Gasteiger partial charge in [0, 0.05) is 24.2 Å². The highest BCUT2D eigenvalue weighted by Crippen LogP contribution is 2.50. The number of hydrogen-bond acceptors (Lipinski definition) is 7. The topological polar surface area (TPSA) is 89.0 Å². The van der Waals surface area contributed by atoms with Crippen LogP contribution in [0.1, 0.15) is 48.0 Å². The SMILES string of the molecule is CNC(=O)c1ccc(-c2c(Cl)sc(OCc3ccccc3)c2-c2cnnc(NC3CCCCC3)n2)cc1. The molecule has 1 saturated carbocycles. The number of aromatic nitrogens is 3. The van der Waals surface area contributed by atoms with Crippen molar-refractivity contribution in [1.82, 2.24) is 20.5 Å². The van der Waals surface area contributed by atoms with Crippen LogP contribution in [0, 0.1) is 0 Å². The zero-order valence-corrected chi connectivity index (χ0v) is 22.1. The van der Waals surface area contributed by atoms with E-state index in [0.717, 1.165) is 35.1 Å². The first kappa shape index (κ1) is 25.2. The van der Waals surface area contributed by atoms with Crippen molar-refractivity contribution in [3.63, 3.8) is 0 Å². The van der Waals surface area contributed by atoms with Gasteiger partial charge in [-0.3, -0.25) is 4.79 Å². The fourth-order valence-corrected chi connectivity index (χ4v) is 5.87. The van der Waals surface area contributed by atoms with Crippen molar-refractivity contribution in [2.75, 3.05) is 12.4 Å². The number of halogens is 1. The highest BCUT2D eigenvalue weighted by molar-refractivity contribution is 7.19. The summed E-state index contributed by atoms with van der Waals surface area (Å²) in [7, 11) is 1.61. The standard InChI is InChI=1S/C28H28ClN5O2S/c1-30-26(35)20-14-12-19(13-15-20)23-24(27(37-25(23)29)36-17-18-8-4-2-5-9-18)22-16-31-34-28(33-22)32-21-10-6-3-7-11-21/h2,4-5,8-9,12-16,21H,3,6-7,10-11,17H2,1H3,(H,30,35)(H,32,33,34). The number of thiophene rings is 1. The first-order chi connectivity index (χ1) is 18.1. The molecule has 7 nitrogen and oxygen atoms in total. The molecule has 0 radical (unpaired) electrons. The van der Waals surface area contributed by atoms with Crippen LogP contribution in [0.3, 0.4) is 0 Å². The molecule has 2 N–H and O–H groups in total. The average molecular weight is 534 g/mol. The lowest BCUT2D eigenvalue weighted by atomic mass is 9.96. The van der Waals surface area contributed by atoms with E-state index < -0.39 is 0 Å². The van der Waals surface area contributed by atoms with E-state index in [4.69, 9.17) is 21.3 Å². The molecule has 2 heterocycles. The van der Waals surface area contributed by atoms with E-state index in [9.17, 15) is 4.79 Å². The van der Waals surface area contributed by atoms with Crippen LogP contribution in [0.5, 0.6) is 5.06 Å². The molecule has 1 amide bonds. The van der Waals surface area contributed by atoms with Crippen molar-refractivity contribution in [1.29, 1.82) is 0 Å². The second-order valence-electron chi connectivity index (χ2n) is 8.99. The van der Waals surface area contributed by atoms with E-state index in [1.165, 1.54) is 30.6 Å². The van der Waals surface area contributed by atoms with Gasteiger partial charge in [-0.05, 0) is 36.1 Å². The molecule has 1 aliphatic carbocycles. The van der Waals surface area contributed by atoms with Gasteiger partial charge < -0.3 is 15.4 Å². The van der Waals surface area contributed by atoms with Gasteiger partial charge >= 0.3 is 0 Å². The van der Waals surface area contributed by atoms with Crippen LogP contribution in [-0.4, -0.2) is 34.2 Å². The number of hydrogen-bond donors (Lipinski definition) is 2. The van der Waals surface area contributed by atoms with E-state index in [1.54, 1.807) is 25.4 Å². The van der Waals surface area contributed by atoms with Gasteiger partial charge in [-0.1, -0.05) is 84.7 Å². The lowest BCUT2D eigenvalue weighted by molar-refractivity contribution is 0.0963. The molecule has 2 aromatic carbocycles. The van der Waals surface area contributed by atoms with E-state index in [0.29, 0.717) is 39.3 Å². The van der Waals surface area contributed by atoms with Gasteiger partial charge in [0.2, 0.25) is 5.95 Å². The van der Waals surface area contributed by atoms with E-state index in [1.807, 2.05) is 42.5 Å². The van der Waals surface area contributed by atoms with Gasteiger partial charge in [0.05, 0.1) is 17.5 Å². The number of carbonyl (C=O) groups is 1. The zero-order chi connectivity index (χ0) is 25.6. The fraction of sp³-hybridized carbons (Fsp3) is 0.286. The number of nitrogens with zero attached hydrogens (tertiary/aromatic N) is 3. The van der Waals surface area contributed by atoms with Crippen molar-refractivity contribution < 1.29 is 9.53 Å². The molecular weight excluding hydrogens is 506 g/mol. The van der Waals surface area contributed by atoms with Gasteiger partial charge in [-0.25, -0.2) is 4.98 Å². The van der Waals surface area contributed by atoms with Gasteiger partial charge in [0.15, 0.2) is 5.06 Å². The quantitative estimate of drug-likeness (QED) is 0.265. The number of anilines is 1. The van der Waals surface area contributed by atoms with Crippen LogP contribution < -0.4 is 15.4 Å². The Hall–Kier alpha value is -3.49. The highest BCUT2D eigenvalue weighted by Gasteiger charge is 2.24. The molecule has 0 aliphatic heterocycles. The molecule has 0 bridgehead atoms. The van der Waals surface area contributed by atoms with Crippen LogP contribution in [-0.2, 0) is 6.61 Å². The molecule has 0 saturated heterocycles. The van der Waals surface area contributed by atoms with Crippen LogP contribution in [0.2, 0.25) is 4.34 Å². The Balaban J connectivity index is 1.53. The maximum Gasteiger partial charge on any atom is 0.251 e. The first-order valence-corrected chi connectivity index (χ1v) is 13.6. The molecule has 37 heavy (non-hydrogen) atoms. The molecule has 1 aliphatic rings. The molecule has 0 spiro atoms. The normalized spacial score (nSPS) is 13.8. The molecule has 0 atom stereocenters. The number of amides is 1. The van der Waals surface area contributed by atoms with Crippen molar-refractivity contribution in [3.8, 4) is 27.4 Å². The Bertz CT molecular complexity index is 1360. The number of ether oxygens (including phenoxy) is 1. The number of nitrogens with one attached hydrogen (secondary N) is 2. The van der Waals surface area contributed by atoms with Gasteiger partial charge in [0.25, 0.3) is 5.91 Å². The largest absolute Gasteiger partial charge is 0.479 e. The van der Waals surface area contributed by atoms with Crippen LogP contribution >= 0.6 is 22.9 Å². The molecule has 1 fully saturated rings. The fourth-order valence-electron chi connectivity index (χ4n) is 4.55. The summed E-state index contributed by atoms with van der Waals surface area (Å²) in [4.78, 5) is 16.9. The second-order valence-corrected chi connectivity index (χ2v) is 10.6. The van der Waals surface area contributed by atoms with E-state index >= 15 is 0 Å². The number of rotatable bonds is 8. The Morgan fingerprint density at radius 1 is 1.05 bits per heavy atom. The summed E-state index contributed by atoms with van der Waals surface area (Å²) in [5.74, 6) is 0.357. The molecule has 2 aromatic heterocycles. The third kappa shape index (κ3) is 5.92. The molecule has 9 heteroatoms. The second kappa shape index (κ2) is 11.7. The summed E-state index contributed by atoms with van der Waals surface area (Å²) in [6.07, 6.45) is 7.53. The summed E-state index contributed by atoms with van der Waals surface area (Å²) < 4.78 is 6.87. The van der Waals surface area contributed by atoms with Crippen molar-refractivity contribution in [3.05, 3.63) is 76.3 Å². The minimum atomic E-state index is -0.145. The third-order valence-corrected chi connectivity index (χ3v) is 7.77. The molecule has 190 valence electrons. The predicted octanol–water partition coefficient (Wildman–Crippen LogP) is 6.60. The predicted molar refractivity (Wildman–Crippen MR) is 148 cm³/mol. The van der Waals surface area contributed by atoms with E-state index in [-0.39, 0.29) is 5.91 Å². The summed E-state index contributed by atoms with van der Waals surface area (Å²) in [6.45, 7) is 0.394. The van der Waals surface area contributed by atoms with Gasteiger partial charge in [-0.15, -0.1) is 5.10 Å². The summed E-state index contributed by atoms with van der Waals surface area (Å²) in [5.41, 5.74) is 4.67. The van der Waals surface area contributed by atoms with Crippen molar-refractivity contribution in [2.24, 2.45) is 0 Å². The Morgan fingerprint density at radius 3 is 2.54 bits per heavy atom. The van der Waals surface area contributed by atoms with Crippen LogP contribution in [0.4, 0.5) is 5.95 Å². The molecule has 4 aromatic rings. The summed E-state index contributed by atoms with van der Waals surface area (Å²) in [6, 6.07) is 17.7. The van der Waals surface area contributed by atoms with E-state index in [2.05, 4.69) is 20.8 Å². The smallest absolute Gasteiger partial charge is 0.251 e. The third-order valence-electron chi connectivity index (χ3n) is 6.46. The summed E-state index contributed by atoms with van der Waals surface area (Å²) in [5, 5.41) is 15.3. The average Bonchev–Trinajstić information content (AvgIpc) is 3.28. The molecule has 5 rings (SSSR count). The number of carbonyl (C=O) groups excluding carboxylic acids is 1. The highest BCUT2D eigenvalue weighted by atomic mass is 35.5. The Morgan fingerprint density at radius 2 is 1.81 bits per heavy atom. The maximum atomic E-state index is 12.1. The Labute approximate surface area is 225 Å². The lowest BCUT2D eigenvalue weighted by Gasteiger charge is -2.22. The zero-order valence-electron chi connectivity index (χ0n) is 20.5. The van der Waals surface area contributed by atoms with Crippen LogP contribution in [0.25, 0.3) is 22.4 Å². The monoisotopic (exact) mass is 533 g/mol. The minimum Gasteiger partial charge on any atom is -0.479 e. The van der Waals surface area contributed by atoms with Crippen LogP contribution in [0.15, 0.2) is 60.8 Å². The number of benzene rings is 2. The minimum absolute atomic E-state index is 0.145. The first-order valence-electron chi connectivity index (χ1n) is 12.4. The van der Waals surface area contributed by atoms with Gasteiger partial charge in [0.1, 0.15) is 10.9 Å². The summed E-state index contributed by atoms with van der Waals surface area (Å²) >= 11 is 8.18. The maximum absolute atomic E-state index is 12.1. The Kier molecular flexibility index (Phi) is 7.96. The van der Waals surface area contributed by atoms with Crippen molar-refractivity contribution in [2.45, 2.75) is 44.8 Å². The molecular formula is C28H28ClN5O2S. The lowest BCUT2D eigenvalue weighted by Crippen LogP contribution is -2.23. The molecule has 0 unspecified atom stereocenters.